The van der Waals surface area contributed by atoms with E-state index in [1.54, 1.807) is 18.2 Å². The minimum absolute atomic E-state index is 0.0303. The first-order valence-corrected chi connectivity index (χ1v) is 10.0. The second-order valence-corrected chi connectivity index (χ2v) is 7.67. The number of piperidine rings is 1. The lowest BCUT2D eigenvalue weighted by atomic mass is 9.98. The second kappa shape index (κ2) is 9.37. The summed E-state index contributed by atoms with van der Waals surface area (Å²) in [5, 5.41) is 13.6. The minimum atomic E-state index is -0.445. The third kappa shape index (κ3) is 5.67. The molecule has 0 spiro atoms. The maximum Gasteiger partial charge on any atom is 0.269 e. The van der Waals surface area contributed by atoms with Gasteiger partial charge in [-0.15, -0.1) is 0 Å². The van der Waals surface area contributed by atoms with Gasteiger partial charge in [0.2, 0.25) is 5.91 Å². The van der Waals surface area contributed by atoms with Crippen LogP contribution in [-0.4, -0.2) is 23.9 Å². The zero-order valence-corrected chi connectivity index (χ0v) is 16.9. The van der Waals surface area contributed by atoms with E-state index in [2.05, 4.69) is 41.4 Å². The molecule has 0 bridgehead atoms. The highest BCUT2D eigenvalue weighted by Gasteiger charge is 2.16. The summed E-state index contributed by atoms with van der Waals surface area (Å²) in [6.07, 6.45) is 5.55. The van der Waals surface area contributed by atoms with E-state index < -0.39 is 4.92 Å². The van der Waals surface area contributed by atoms with E-state index in [-0.39, 0.29) is 17.6 Å². The fraction of sp³-hybridized carbons (Fsp3) is 0.348. The average molecular weight is 393 g/mol. The number of nitrogens with one attached hydrogen (secondary N) is 1. The number of rotatable bonds is 6. The van der Waals surface area contributed by atoms with E-state index in [0.29, 0.717) is 0 Å². The number of anilines is 1. The Hall–Kier alpha value is -3.15. The summed E-state index contributed by atoms with van der Waals surface area (Å²) >= 11 is 0. The lowest BCUT2D eigenvalue weighted by Gasteiger charge is -2.32. The van der Waals surface area contributed by atoms with Crippen molar-refractivity contribution in [3.05, 3.63) is 75.8 Å². The Bertz CT molecular complexity index is 867. The van der Waals surface area contributed by atoms with Crippen molar-refractivity contribution in [3.63, 3.8) is 0 Å². The van der Waals surface area contributed by atoms with Gasteiger partial charge < -0.3 is 10.2 Å². The number of nitro benzene ring substituents is 1. The van der Waals surface area contributed by atoms with E-state index in [1.807, 2.05) is 6.92 Å². The highest BCUT2D eigenvalue weighted by atomic mass is 16.6. The fourth-order valence-corrected chi connectivity index (χ4v) is 3.46. The zero-order chi connectivity index (χ0) is 20.8. The van der Waals surface area contributed by atoms with Crippen LogP contribution in [0.3, 0.4) is 0 Å². The molecule has 0 unspecified atom stereocenters. The van der Waals surface area contributed by atoms with E-state index in [0.717, 1.165) is 30.1 Å². The molecule has 1 aliphatic heterocycles. The molecule has 1 heterocycles. The van der Waals surface area contributed by atoms with Crippen molar-refractivity contribution in [2.24, 2.45) is 5.92 Å². The Morgan fingerprint density at radius 3 is 2.34 bits per heavy atom. The van der Waals surface area contributed by atoms with Crippen molar-refractivity contribution >= 4 is 23.4 Å². The molecule has 1 amide bonds. The first-order chi connectivity index (χ1) is 13.9. The average Bonchev–Trinajstić information content (AvgIpc) is 2.73. The quantitative estimate of drug-likeness (QED) is 0.438. The van der Waals surface area contributed by atoms with Crippen molar-refractivity contribution in [1.82, 2.24) is 5.32 Å². The summed E-state index contributed by atoms with van der Waals surface area (Å²) in [6.45, 7) is 6.45. The van der Waals surface area contributed by atoms with Gasteiger partial charge in [0.15, 0.2) is 0 Å². The second-order valence-electron chi connectivity index (χ2n) is 7.67. The summed E-state index contributed by atoms with van der Waals surface area (Å²) in [4.78, 5) is 24.9. The lowest BCUT2D eigenvalue weighted by molar-refractivity contribution is -0.384. The van der Waals surface area contributed by atoms with Crippen molar-refractivity contribution in [3.8, 4) is 0 Å². The zero-order valence-electron chi connectivity index (χ0n) is 16.9. The molecule has 6 nitrogen and oxygen atoms in total. The maximum atomic E-state index is 12.2. The summed E-state index contributed by atoms with van der Waals surface area (Å²) in [5.41, 5.74) is 3.05. The largest absolute Gasteiger partial charge is 0.372 e. The molecule has 2 aromatic rings. The summed E-state index contributed by atoms with van der Waals surface area (Å²) in [5.74, 6) is 0.602. The minimum Gasteiger partial charge on any atom is -0.372 e. The smallest absolute Gasteiger partial charge is 0.269 e. The lowest BCUT2D eigenvalue weighted by Crippen LogP contribution is -2.32. The molecular formula is C23H27N3O3. The Balaban J connectivity index is 1.54. The molecule has 0 radical (unpaired) electrons. The van der Waals surface area contributed by atoms with Gasteiger partial charge in [-0.2, -0.15) is 0 Å². The third-order valence-electron chi connectivity index (χ3n) is 5.43. The SMILES string of the molecule is CC1CCN(c2ccc([C@@H](C)NC(=O)/C=C/c3ccc([N+](=O)[O-])cc3)cc2)CC1. The van der Waals surface area contributed by atoms with Gasteiger partial charge >= 0.3 is 0 Å². The molecule has 1 fully saturated rings. The predicted molar refractivity (Wildman–Crippen MR) is 116 cm³/mol. The van der Waals surface area contributed by atoms with Crippen LogP contribution in [0.2, 0.25) is 0 Å². The molecular weight excluding hydrogens is 366 g/mol. The van der Waals surface area contributed by atoms with Crippen LogP contribution in [0, 0.1) is 16.0 Å². The molecule has 0 saturated carbocycles. The third-order valence-corrected chi connectivity index (χ3v) is 5.43. The summed E-state index contributed by atoms with van der Waals surface area (Å²) < 4.78 is 0. The van der Waals surface area contributed by atoms with Crippen LogP contribution in [-0.2, 0) is 4.79 Å². The van der Waals surface area contributed by atoms with Crippen LogP contribution in [0.25, 0.3) is 6.08 Å². The molecule has 0 aromatic heterocycles. The first-order valence-electron chi connectivity index (χ1n) is 10.0. The van der Waals surface area contributed by atoms with E-state index in [9.17, 15) is 14.9 Å². The number of hydrogen-bond donors (Lipinski definition) is 1. The van der Waals surface area contributed by atoms with Crippen molar-refractivity contribution < 1.29 is 9.72 Å². The van der Waals surface area contributed by atoms with Gasteiger partial charge in [0.25, 0.3) is 5.69 Å². The standard InChI is InChI=1S/C23H27N3O3/c1-17-13-15-25(16-14-17)21-10-6-20(7-11-21)18(2)24-23(27)12-5-19-3-8-22(9-4-19)26(28)29/h3-12,17-18H,13-16H2,1-2H3,(H,24,27)/b12-5+/t18-/m1/s1. The van der Waals surface area contributed by atoms with Crippen molar-refractivity contribution in [2.45, 2.75) is 32.7 Å². The van der Waals surface area contributed by atoms with E-state index in [4.69, 9.17) is 0 Å². The fourth-order valence-electron chi connectivity index (χ4n) is 3.46. The molecule has 1 N–H and O–H groups in total. The van der Waals surface area contributed by atoms with Crippen LogP contribution >= 0.6 is 0 Å². The van der Waals surface area contributed by atoms with Crippen LogP contribution in [0.1, 0.15) is 43.9 Å². The Morgan fingerprint density at radius 1 is 1.14 bits per heavy atom. The number of amides is 1. The Labute approximate surface area is 171 Å². The Morgan fingerprint density at radius 2 is 1.76 bits per heavy atom. The molecule has 3 rings (SSSR count). The maximum absolute atomic E-state index is 12.2. The predicted octanol–water partition coefficient (Wildman–Crippen LogP) is 4.72. The molecule has 0 aliphatic carbocycles. The van der Waals surface area contributed by atoms with Gasteiger partial charge in [-0.3, -0.25) is 14.9 Å². The molecule has 1 saturated heterocycles. The van der Waals surface area contributed by atoms with Gasteiger partial charge in [-0.05, 0) is 67.2 Å². The number of carbonyl (C=O) groups excluding carboxylic acids is 1. The number of benzene rings is 2. The first kappa shape index (κ1) is 20.6. The van der Waals surface area contributed by atoms with Crippen LogP contribution in [0.15, 0.2) is 54.6 Å². The number of nitrogens with zero attached hydrogens (tertiary/aromatic N) is 2. The monoisotopic (exact) mass is 393 g/mol. The Kier molecular flexibility index (Phi) is 6.65. The number of nitro groups is 1. The van der Waals surface area contributed by atoms with Crippen LogP contribution < -0.4 is 10.2 Å². The molecule has 1 atom stereocenters. The molecule has 29 heavy (non-hydrogen) atoms. The number of carbonyl (C=O) groups is 1. The number of non-ortho nitro benzene ring substituents is 1. The topological polar surface area (TPSA) is 75.5 Å². The molecule has 1 aliphatic rings. The highest BCUT2D eigenvalue weighted by Crippen LogP contribution is 2.24. The van der Waals surface area contributed by atoms with Gasteiger partial charge in [0.05, 0.1) is 11.0 Å². The molecule has 6 heteroatoms. The van der Waals surface area contributed by atoms with E-state index in [1.165, 1.54) is 36.7 Å². The molecule has 2 aromatic carbocycles. The summed E-state index contributed by atoms with van der Waals surface area (Å²) in [6, 6.07) is 14.4. The molecule has 152 valence electrons. The normalized spacial score (nSPS) is 16.0. The van der Waals surface area contributed by atoms with Crippen molar-refractivity contribution in [2.75, 3.05) is 18.0 Å². The van der Waals surface area contributed by atoms with Gasteiger partial charge in [0.1, 0.15) is 0 Å². The summed E-state index contributed by atoms with van der Waals surface area (Å²) in [7, 11) is 0. The van der Waals surface area contributed by atoms with Crippen LogP contribution in [0.4, 0.5) is 11.4 Å². The van der Waals surface area contributed by atoms with Gasteiger partial charge in [-0.1, -0.05) is 19.1 Å². The highest BCUT2D eigenvalue weighted by molar-refractivity contribution is 5.92. The van der Waals surface area contributed by atoms with Gasteiger partial charge in [-0.25, -0.2) is 0 Å². The van der Waals surface area contributed by atoms with Crippen LogP contribution in [0.5, 0.6) is 0 Å². The van der Waals surface area contributed by atoms with Crippen molar-refractivity contribution in [1.29, 1.82) is 0 Å². The van der Waals surface area contributed by atoms with E-state index >= 15 is 0 Å². The van der Waals surface area contributed by atoms with Gasteiger partial charge in [0, 0.05) is 37.0 Å². The number of hydrogen-bond acceptors (Lipinski definition) is 4.